The fraction of sp³-hybridized carbons (Fsp3) is 1.00. The molecule has 2 aliphatic rings. The monoisotopic (exact) mass is 252 g/mol. The Morgan fingerprint density at radius 3 is 2.61 bits per heavy atom. The third-order valence-electron chi connectivity index (χ3n) is 5.41. The smallest absolute Gasteiger partial charge is 0.00947 e. The molecule has 4 unspecified atom stereocenters. The summed E-state index contributed by atoms with van der Waals surface area (Å²) < 4.78 is 0. The first-order chi connectivity index (χ1) is 8.70. The third-order valence-corrected chi connectivity index (χ3v) is 5.41. The molecule has 106 valence electrons. The highest BCUT2D eigenvalue weighted by molar-refractivity contribution is 4.84. The molecule has 0 saturated heterocycles. The molecule has 2 aliphatic carbocycles. The van der Waals surface area contributed by atoms with Crippen LogP contribution in [0.2, 0.25) is 0 Å². The summed E-state index contributed by atoms with van der Waals surface area (Å²) in [5, 5.41) is 3.51. The Labute approximate surface area is 114 Å². The van der Waals surface area contributed by atoms with E-state index < -0.39 is 0 Å². The van der Waals surface area contributed by atoms with Crippen LogP contribution in [0.4, 0.5) is 0 Å². The Morgan fingerprint density at radius 1 is 1.11 bits per heavy atom. The molecule has 18 heavy (non-hydrogen) atoms. The van der Waals surface area contributed by atoms with Crippen LogP contribution in [0.1, 0.15) is 58.3 Å². The highest BCUT2D eigenvalue weighted by atomic mass is 15.1. The van der Waals surface area contributed by atoms with Crippen LogP contribution in [-0.4, -0.2) is 37.6 Å². The van der Waals surface area contributed by atoms with E-state index in [0.29, 0.717) is 0 Å². The summed E-state index contributed by atoms with van der Waals surface area (Å²) in [5.41, 5.74) is 0. The highest BCUT2D eigenvalue weighted by Crippen LogP contribution is 2.30. The molecule has 0 aromatic rings. The van der Waals surface area contributed by atoms with Gasteiger partial charge in [0, 0.05) is 12.1 Å². The summed E-state index contributed by atoms with van der Waals surface area (Å²) in [6.45, 7) is 3.73. The molecule has 0 radical (unpaired) electrons. The van der Waals surface area contributed by atoms with Gasteiger partial charge in [0.15, 0.2) is 0 Å². The number of rotatable bonds is 5. The molecule has 0 amide bonds. The Hall–Kier alpha value is -0.0800. The Kier molecular flexibility index (Phi) is 5.50. The summed E-state index contributed by atoms with van der Waals surface area (Å²) in [6, 6.07) is 1.66. The zero-order valence-electron chi connectivity index (χ0n) is 12.6. The van der Waals surface area contributed by atoms with Crippen molar-refractivity contribution in [1.29, 1.82) is 0 Å². The zero-order valence-corrected chi connectivity index (χ0v) is 12.6. The lowest BCUT2D eigenvalue weighted by Gasteiger charge is -2.35. The minimum absolute atomic E-state index is 0.795. The van der Waals surface area contributed by atoms with Crippen molar-refractivity contribution in [3.05, 3.63) is 0 Å². The topological polar surface area (TPSA) is 15.3 Å². The van der Waals surface area contributed by atoms with Gasteiger partial charge in [0.2, 0.25) is 0 Å². The van der Waals surface area contributed by atoms with Gasteiger partial charge in [0.05, 0.1) is 0 Å². The molecular weight excluding hydrogens is 220 g/mol. The van der Waals surface area contributed by atoms with Crippen molar-refractivity contribution in [2.24, 2.45) is 11.8 Å². The maximum atomic E-state index is 3.51. The van der Waals surface area contributed by atoms with E-state index in [-0.39, 0.29) is 0 Å². The summed E-state index contributed by atoms with van der Waals surface area (Å²) in [4.78, 5) is 2.65. The van der Waals surface area contributed by atoms with Gasteiger partial charge >= 0.3 is 0 Å². The minimum atomic E-state index is 0.795. The van der Waals surface area contributed by atoms with Gasteiger partial charge in [-0.2, -0.15) is 0 Å². The molecule has 4 atom stereocenters. The van der Waals surface area contributed by atoms with E-state index in [2.05, 4.69) is 31.2 Å². The average Bonchev–Trinajstić information content (AvgIpc) is 2.83. The van der Waals surface area contributed by atoms with E-state index >= 15 is 0 Å². The van der Waals surface area contributed by atoms with Crippen LogP contribution < -0.4 is 5.32 Å². The van der Waals surface area contributed by atoms with Crippen LogP contribution in [0.15, 0.2) is 0 Å². The van der Waals surface area contributed by atoms with Crippen LogP contribution in [0.3, 0.4) is 0 Å². The Balaban J connectivity index is 1.72. The van der Waals surface area contributed by atoms with Crippen molar-refractivity contribution in [2.75, 3.05) is 20.6 Å². The molecule has 0 spiro atoms. The summed E-state index contributed by atoms with van der Waals surface area (Å²) >= 11 is 0. The lowest BCUT2D eigenvalue weighted by atomic mass is 9.86. The molecule has 0 aromatic heterocycles. The van der Waals surface area contributed by atoms with Gasteiger partial charge in [0.1, 0.15) is 0 Å². The van der Waals surface area contributed by atoms with Gasteiger partial charge in [-0.05, 0) is 64.6 Å². The standard InChI is InChI=1S/C16H32N2/c1-13-6-4-8-15(12-13)18(3)11-10-14-7-5-9-16(14)17-2/h13-17H,4-12H2,1-3H3. The molecule has 0 aliphatic heterocycles. The molecule has 2 fully saturated rings. The minimum Gasteiger partial charge on any atom is -0.317 e. The van der Waals surface area contributed by atoms with Crippen LogP contribution >= 0.6 is 0 Å². The first kappa shape index (κ1) is 14.3. The summed E-state index contributed by atoms with van der Waals surface area (Å²) in [5.74, 6) is 1.88. The lowest BCUT2D eigenvalue weighted by Crippen LogP contribution is -2.38. The maximum Gasteiger partial charge on any atom is 0.00947 e. The molecule has 0 aromatic carbocycles. The molecular formula is C16H32N2. The van der Waals surface area contributed by atoms with Crippen molar-refractivity contribution in [1.82, 2.24) is 10.2 Å². The van der Waals surface area contributed by atoms with E-state index in [4.69, 9.17) is 0 Å². The fourth-order valence-corrected chi connectivity index (χ4v) is 4.12. The van der Waals surface area contributed by atoms with E-state index in [1.165, 1.54) is 57.9 Å². The van der Waals surface area contributed by atoms with Crippen LogP contribution in [0.25, 0.3) is 0 Å². The Morgan fingerprint density at radius 2 is 1.89 bits per heavy atom. The predicted octanol–water partition coefficient (Wildman–Crippen LogP) is 3.28. The van der Waals surface area contributed by atoms with E-state index in [1.807, 2.05) is 0 Å². The lowest BCUT2D eigenvalue weighted by molar-refractivity contribution is 0.153. The number of nitrogens with one attached hydrogen (secondary N) is 1. The number of hydrogen-bond donors (Lipinski definition) is 1. The van der Waals surface area contributed by atoms with Gasteiger partial charge in [-0.25, -0.2) is 0 Å². The second kappa shape index (κ2) is 6.91. The molecule has 0 heterocycles. The second-order valence-electron chi connectivity index (χ2n) is 6.78. The van der Waals surface area contributed by atoms with Crippen LogP contribution in [0.5, 0.6) is 0 Å². The molecule has 1 N–H and O–H groups in total. The van der Waals surface area contributed by atoms with Crippen molar-refractivity contribution < 1.29 is 0 Å². The van der Waals surface area contributed by atoms with Crippen LogP contribution in [0, 0.1) is 11.8 Å². The third kappa shape index (κ3) is 3.71. The van der Waals surface area contributed by atoms with Crippen molar-refractivity contribution in [3.8, 4) is 0 Å². The van der Waals surface area contributed by atoms with E-state index in [9.17, 15) is 0 Å². The van der Waals surface area contributed by atoms with Crippen molar-refractivity contribution in [2.45, 2.75) is 70.4 Å². The largest absolute Gasteiger partial charge is 0.317 e. The second-order valence-corrected chi connectivity index (χ2v) is 6.78. The predicted molar refractivity (Wildman–Crippen MR) is 78.9 cm³/mol. The van der Waals surface area contributed by atoms with Crippen LogP contribution in [-0.2, 0) is 0 Å². The van der Waals surface area contributed by atoms with E-state index in [1.54, 1.807) is 0 Å². The first-order valence-corrected chi connectivity index (χ1v) is 8.08. The SMILES string of the molecule is CNC1CCCC1CCN(C)C1CCCC(C)C1. The van der Waals surface area contributed by atoms with Gasteiger partial charge in [-0.15, -0.1) is 0 Å². The van der Waals surface area contributed by atoms with Gasteiger partial charge in [-0.1, -0.05) is 26.2 Å². The van der Waals surface area contributed by atoms with Crippen molar-refractivity contribution >= 4 is 0 Å². The summed E-state index contributed by atoms with van der Waals surface area (Å²) in [7, 11) is 4.49. The molecule has 2 heteroatoms. The average molecular weight is 252 g/mol. The number of nitrogens with zero attached hydrogens (tertiary/aromatic N) is 1. The van der Waals surface area contributed by atoms with Gasteiger partial charge in [-0.3, -0.25) is 0 Å². The summed E-state index contributed by atoms with van der Waals surface area (Å²) in [6.07, 6.45) is 11.4. The molecule has 2 saturated carbocycles. The highest BCUT2D eigenvalue weighted by Gasteiger charge is 2.27. The molecule has 0 bridgehead atoms. The zero-order chi connectivity index (χ0) is 13.0. The number of hydrogen-bond acceptors (Lipinski definition) is 2. The van der Waals surface area contributed by atoms with Gasteiger partial charge in [0.25, 0.3) is 0 Å². The Bertz CT molecular complexity index is 241. The van der Waals surface area contributed by atoms with Gasteiger partial charge < -0.3 is 10.2 Å². The molecule has 2 rings (SSSR count). The first-order valence-electron chi connectivity index (χ1n) is 8.08. The normalized spacial score (nSPS) is 37.3. The van der Waals surface area contributed by atoms with E-state index in [0.717, 1.165) is 23.9 Å². The quantitative estimate of drug-likeness (QED) is 0.808. The van der Waals surface area contributed by atoms with Crippen molar-refractivity contribution in [3.63, 3.8) is 0 Å². The fourth-order valence-electron chi connectivity index (χ4n) is 4.12. The molecule has 2 nitrogen and oxygen atoms in total. The maximum absolute atomic E-state index is 3.51.